The molecule has 0 spiro atoms. The van der Waals surface area contributed by atoms with Crippen LogP contribution in [0.5, 0.6) is 0 Å². The molecule has 2 aliphatic rings. The van der Waals surface area contributed by atoms with Crippen LogP contribution in [0.2, 0.25) is 0 Å². The molecule has 2 rings (SSSR count). The minimum atomic E-state index is -0.948. The topological polar surface area (TPSA) is 62.1 Å². The molecule has 1 heterocycles. The summed E-state index contributed by atoms with van der Waals surface area (Å²) in [7, 11) is 0. The molecule has 2 atom stereocenters. The predicted octanol–water partition coefficient (Wildman–Crippen LogP) is 1.22. The molecule has 1 saturated carbocycles. The molecule has 4 heteroatoms. The Bertz CT molecular complexity index is 328. The molecule has 2 fully saturated rings. The van der Waals surface area contributed by atoms with Gasteiger partial charge in [0.1, 0.15) is 5.41 Å². The van der Waals surface area contributed by atoms with Crippen molar-refractivity contribution in [3.05, 3.63) is 0 Å². The van der Waals surface area contributed by atoms with E-state index in [2.05, 4.69) is 5.32 Å². The van der Waals surface area contributed by atoms with Crippen molar-refractivity contribution in [2.24, 2.45) is 11.3 Å². The van der Waals surface area contributed by atoms with Crippen LogP contribution in [0.15, 0.2) is 0 Å². The normalized spacial score (nSPS) is 29.8. The van der Waals surface area contributed by atoms with Crippen molar-refractivity contribution < 1.29 is 9.53 Å². The summed E-state index contributed by atoms with van der Waals surface area (Å²) < 4.78 is 5.64. The number of ether oxygens (including phenoxy) is 1. The molecule has 0 bridgehead atoms. The largest absolute Gasteiger partial charge is 0.376 e. The average molecular weight is 222 g/mol. The quantitative estimate of drug-likeness (QED) is 0.781. The van der Waals surface area contributed by atoms with E-state index in [1.165, 1.54) is 12.8 Å². The zero-order chi connectivity index (χ0) is 11.8. The molecule has 4 nitrogen and oxygen atoms in total. The number of nitrogens with zero attached hydrogens (tertiary/aromatic N) is 1. The standard InChI is InChI=1S/C12H18N2O2/c1-12(2,7-13)11(15)14-9-5-6-16-10(9)8-3-4-8/h8-10H,3-6H2,1-2H3,(H,14,15). The highest BCUT2D eigenvalue weighted by molar-refractivity contribution is 5.84. The van der Waals surface area contributed by atoms with E-state index in [1.807, 2.05) is 6.07 Å². The molecule has 1 amide bonds. The molecular weight excluding hydrogens is 204 g/mol. The number of amides is 1. The Morgan fingerprint density at radius 3 is 2.69 bits per heavy atom. The highest BCUT2D eigenvalue weighted by Gasteiger charge is 2.42. The van der Waals surface area contributed by atoms with E-state index in [1.54, 1.807) is 13.8 Å². The fourth-order valence-corrected chi connectivity index (χ4v) is 2.05. The second-order valence-electron chi connectivity index (χ2n) is 5.28. The van der Waals surface area contributed by atoms with Gasteiger partial charge >= 0.3 is 0 Å². The SMILES string of the molecule is CC(C)(C#N)C(=O)NC1CCOC1C1CC1. The first-order valence-corrected chi connectivity index (χ1v) is 5.88. The Balaban J connectivity index is 1.94. The van der Waals surface area contributed by atoms with E-state index in [4.69, 9.17) is 10.00 Å². The van der Waals surface area contributed by atoms with Gasteiger partial charge in [0.25, 0.3) is 0 Å². The third-order valence-corrected chi connectivity index (χ3v) is 3.39. The number of carbonyl (C=O) groups excluding carboxylic acids is 1. The van der Waals surface area contributed by atoms with Crippen molar-refractivity contribution >= 4 is 5.91 Å². The predicted molar refractivity (Wildman–Crippen MR) is 58.4 cm³/mol. The second-order valence-corrected chi connectivity index (χ2v) is 5.28. The molecule has 0 radical (unpaired) electrons. The van der Waals surface area contributed by atoms with E-state index >= 15 is 0 Å². The maximum Gasteiger partial charge on any atom is 0.240 e. The van der Waals surface area contributed by atoms with E-state index in [-0.39, 0.29) is 18.1 Å². The van der Waals surface area contributed by atoms with Crippen LogP contribution in [0.3, 0.4) is 0 Å². The third kappa shape index (κ3) is 2.19. The van der Waals surface area contributed by atoms with Gasteiger partial charge in [0.15, 0.2) is 0 Å². The van der Waals surface area contributed by atoms with Gasteiger partial charge in [0.05, 0.1) is 18.2 Å². The van der Waals surface area contributed by atoms with Crippen LogP contribution >= 0.6 is 0 Å². The van der Waals surface area contributed by atoms with Crippen molar-refractivity contribution in [3.63, 3.8) is 0 Å². The molecule has 1 aliphatic heterocycles. The zero-order valence-corrected chi connectivity index (χ0v) is 9.82. The Kier molecular flexibility index (Phi) is 2.90. The number of hydrogen-bond acceptors (Lipinski definition) is 3. The fourth-order valence-electron chi connectivity index (χ4n) is 2.05. The van der Waals surface area contributed by atoms with E-state index < -0.39 is 5.41 Å². The highest BCUT2D eigenvalue weighted by Crippen LogP contribution is 2.38. The Labute approximate surface area is 96.0 Å². The Morgan fingerprint density at radius 1 is 1.44 bits per heavy atom. The van der Waals surface area contributed by atoms with Gasteiger partial charge in [-0.3, -0.25) is 4.79 Å². The summed E-state index contributed by atoms with van der Waals surface area (Å²) in [5, 5.41) is 11.8. The van der Waals surface area contributed by atoms with Crippen molar-refractivity contribution in [3.8, 4) is 6.07 Å². The molecule has 16 heavy (non-hydrogen) atoms. The van der Waals surface area contributed by atoms with Crippen LogP contribution in [0.1, 0.15) is 33.1 Å². The van der Waals surface area contributed by atoms with E-state index in [9.17, 15) is 4.79 Å². The lowest BCUT2D eigenvalue weighted by atomic mass is 9.93. The first-order chi connectivity index (χ1) is 7.54. The van der Waals surface area contributed by atoms with Crippen LogP contribution in [0, 0.1) is 22.7 Å². The fraction of sp³-hybridized carbons (Fsp3) is 0.833. The van der Waals surface area contributed by atoms with Gasteiger partial charge in [-0.15, -0.1) is 0 Å². The minimum Gasteiger partial charge on any atom is -0.376 e. The van der Waals surface area contributed by atoms with Crippen LogP contribution in [0.25, 0.3) is 0 Å². The summed E-state index contributed by atoms with van der Waals surface area (Å²) in [5.74, 6) is 0.439. The summed E-state index contributed by atoms with van der Waals surface area (Å²) >= 11 is 0. The molecule has 0 aromatic heterocycles. The lowest BCUT2D eigenvalue weighted by Crippen LogP contribution is -2.46. The Hall–Kier alpha value is -1.08. The molecule has 2 unspecified atom stereocenters. The molecular formula is C12H18N2O2. The maximum absolute atomic E-state index is 11.9. The zero-order valence-electron chi connectivity index (χ0n) is 9.82. The van der Waals surface area contributed by atoms with Crippen molar-refractivity contribution in [1.82, 2.24) is 5.32 Å². The van der Waals surface area contributed by atoms with Crippen LogP contribution < -0.4 is 5.32 Å². The Morgan fingerprint density at radius 2 is 2.12 bits per heavy atom. The first kappa shape index (κ1) is 11.4. The van der Waals surface area contributed by atoms with Gasteiger partial charge in [-0.05, 0) is 39.0 Å². The van der Waals surface area contributed by atoms with E-state index in [0.29, 0.717) is 5.92 Å². The highest BCUT2D eigenvalue weighted by atomic mass is 16.5. The van der Waals surface area contributed by atoms with Crippen molar-refractivity contribution in [1.29, 1.82) is 5.26 Å². The minimum absolute atomic E-state index is 0.104. The van der Waals surface area contributed by atoms with Gasteiger partial charge in [-0.1, -0.05) is 0 Å². The number of carbonyl (C=O) groups is 1. The number of hydrogen-bond donors (Lipinski definition) is 1. The lowest BCUT2D eigenvalue weighted by Gasteiger charge is -2.23. The summed E-state index contributed by atoms with van der Waals surface area (Å²) in [4.78, 5) is 11.9. The maximum atomic E-state index is 11.9. The third-order valence-electron chi connectivity index (χ3n) is 3.39. The first-order valence-electron chi connectivity index (χ1n) is 5.88. The van der Waals surface area contributed by atoms with Crippen LogP contribution in [0.4, 0.5) is 0 Å². The van der Waals surface area contributed by atoms with Gasteiger partial charge in [-0.2, -0.15) is 5.26 Å². The molecule has 1 saturated heterocycles. The van der Waals surface area contributed by atoms with Crippen molar-refractivity contribution in [2.75, 3.05) is 6.61 Å². The molecule has 0 aromatic rings. The van der Waals surface area contributed by atoms with Gasteiger partial charge in [0, 0.05) is 6.61 Å². The summed E-state index contributed by atoms with van der Waals surface area (Å²) in [6.07, 6.45) is 3.46. The smallest absolute Gasteiger partial charge is 0.240 e. The van der Waals surface area contributed by atoms with Crippen LogP contribution in [-0.2, 0) is 9.53 Å². The number of nitrogens with one attached hydrogen (secondary N) is 1. The summed E-state index contributed by atoms with van der Waals surface area (Å²) in [5.41, 5.74) is -0.948. The molecule has 1 aliphatic carbocycles. The molecule has 88 valence electrons. The number of rotatable bonds is 3. The van der Waals surface area contributed by atoms with Gasteiger partial charge in [0.2, 0.25) is 5.91 Å². The van der Waals surface area contributed by atoms with Crippen molar-refractivity contribution in [2.45, 2.75) is 45.3 Å². The summed E-state index contributed by atoms with van der Waals surface area (Å²) in [6, 6.07) is 2.13. The lowest BCUT2D eigenvalue weighted by molar-refractivity contribution is -0.128. The van der Waals surface area contributed by atoms with Gasteiger partial charge in [-0.25, -0.2) is 0 Å². The monoisotopic (exact) mass is 222 g/mol. The molecule has 0 aromatic carbocycles. The average Bonchev–Trinajstić information content (AvgIpc) is 3.00. The molecule has 1 N–H and O–H groups in total. The summed E-state index contributed by atoms with van der Waals surface area (Å²) in [6.45, 7) is 4.01. The van der Waals surface area contributed by atoms with E-state index in [0.717, 1.165) is 13.0 Å². The second kappa shape index (κ2) is 4.06. The van der Waals surface area contributed by atoms with Gasteiger partial charge < -0.3 is 10.1 Å². The van der Waals surface area contributed by atoms with Crippen LogP contribution in [-0.4, -0.2) is 24.7 Å². The number of nitriles is 1.